The molecule has 1 aromatic heterocycles. The molecular weight excluding hydrogens is 382 g/mol. The first-order valence-corrected chi connectivity index (χ1v) is 11.4. The van der Waals surface area contributed by atoms with E-state index < -0.39 is 0 Å². The summed E-state index contributed by atoms with van der Waals surface area (Å²) in [5.41, 5.74) is 5.85. The summed E-state index contributed by atoms with van der Waals surface area (Å²) < 4.78 is 1.98. The molecule has 1 N–H and O–H groups in total. The van der Waals surface area contributed by atoms with Gasteiger partial charge in [-0.2, -0.15) is 4.68 Å². The third-order valence-electron chi connectivity index (χ3n) is 7.05. The molecule has 0 atom stereocenters. The summed E-state index contributed by atoms with van der Waals surface area (Å²) >= 11 is 0. The lowest BCUT2D eigenvalue weighted by Crippen LogP contribution is -2.43. The lowest BCUT2D eigenvalue weighted by Gasteiger charge is -2.44. The molecule has 5 nitrogen and oxygen atoms in total. The molecule has 0 radical (unpaired) electrons. The van der Waals surface area contributed by atoms with Crippen LogP contribution in [0.4, 0.5) is 5.69 Å². The molecule has 1 aliphatic rings. The smallest absolute Gasteiger partial charge is 0.181 e. The Bertz CT molecular complexity index is 1010. The first-order valence-electron chi connectivity index (χ1n) is 11.4. The minimum Gasteiger partial charge on any atom is -0.373 e. The van der Waals surface area contributed by atoms with Crippen molar-refractivity contribution in [2.75, 3.05) is 5.32 Å². The number of para-hydroxylation sites is 1. The summed E-state index contributed by atoms with van der Waals surface area (Å²) in [5.74, 6) is 1.61. The highest BCUT2D eigenvalue weighted by atomic mass is 15.6. The van der Waals surface area contributed by atoms with Crippen LogP contribution in [0.15, 0.2) is 42.5 Å². The van der Waals surface area contributed by atoms with Crippen molar-refractivity contribution in [3.05, 3.63) is 65.0 Å². The largest absolute Gasteiger partial charge is 0.373 e. The van der Waals surface area contributed by atoms with E-state index in [0.717, 1.165) is 42.9 Å². The quantitative estimate of drug-likeness (QED) is 0.555. The minimum absolute atomic E-state index is 0.296. The Morgan fingerprint density at radius 2 is 1.55 bits per heavy atom. The molecule has 0 unspecified atom stereocenters. The molecule has 0 aliphatic heterocycles. The topological polar surface area (TPSA) is 55.6 Å². The Balaban J connectivity index is 1.78. The zero-order chi connectivity index (χ0) is 22.2. The van der Waals surface area contributed by atoms with Gasteiger partial charge in [0, 0.05) is 5.69 Å². The average molecular weight is 418 g/mol. The normalized spacial score (nSPS) is 21.8. The van der Waals surface area contributed by atoms with Crippen LogP contribution in [0.2, 0.25) is 0 Å². The maximum atomic E-state index is 4.61. The number of hydrogen-bond acceptors (Lipinski definition) is 4. The van der Waals surface area contributed by atoms with Crippen molar-refractivity contribution >= 4 is 5.69 Å². The molecule has 1 fully saturated rings. The van der Waals surface area contributed by atoms with Crippen molar-refractivity contribution in [3.63, 3.8) is 0 Å². The molecule has 5 heteroatoms. The fourth-order valence-electron chi connectivity index (χ4n) is 5.07. The van der Waals surface area contributed by atoms with Gasteiger partial charge in [-0.1, -0.05) is 56.7 Å². The van der Waals surface area contributed by atoms with E-state index in [1.54, 1.807) is 0 Å². The molecule has 164 valence electrons. The van der Waals surface area contributed by atoms with Crippen molar-refractivity contribution in [1.29, 1.82) is 0 Å². The molecule has 0 saturated heterocycles. The zero-order valence-electron chi connectivity index (χ0n) is 19.7. The standard InChI is InChI=1S/C26H35N5/c1-18-10-12-22(13-11-18)27-26(16-14-21(15-17-26)25(4,5)6)24-28-29-30-31(24)23-19(2)8-7-9-20(23)3/h7-13,21,27H,14-17H2,1-6H3. The van der Waals surface area contributed by atoms with Gasteiger partial charge in [0.25, 0.3) is 0 Å². The number of aryl methyl sites for hydroxylation is 3. The van der Waals surface area contributed by atoms with Gasteiger partial charge in [0.15, 0.2) is 5.82 Å². The highest BCUT2D eigenvalue weighted by molar-refractivity contribution is 5.50. The third-order valence-corrected chi connectivity index (χ3v) is 7.05. The monoisotopic (exact) mass is 417 g/mol. The zero-order valence-corrected chi connectivity index (χ0v) is 19.7. The van der Waals surface area contributed by atoms with E-state index in [9.17, 15) is 0 Å². The van der Waals surface area contributed by atoms with E-state index in [-0.39, 0.29) is 5.54 Å². The molecular formula is C26H35N5. The summed E-state index contributed by atoms with van der Waals surface area (Å²) in [4.78, 5) is 0. The van der Waals surface area contributed by atoms with Crippen LogP contribution >= 0.6 is 0 Å². The van der Waals surface area contributed by atoms with Crippen molar-refractivity contribution in [2.45, 2.75) is 72.8 Å². The number of nitrogens with zero attached hydrogens (tertiary/aromatic N) is 4. The molecule has 0 amide bonds. The first kappa shape index (κ1) is 21.5. The molecule has 0 bridgehead atoms. The van der Waals surface area contributed by atoms with Crippen LogP contribution in [0.5, 0.6) is 0 Å². The van der Waals surface area contributed by atoms with Gasteiger partial charge in [0.2, 0.25) is 0 Å². The van der Waals surface area contributed by atoms with Crippen LogP contribution < -0.4 is 5.32 Å². The molecule has 0 spiro atoms. The van der Waals surface area contributed by atoms with Gasteiger partial charge in [-0.05, 0) is 91.5 Å². The summed E-state index contributed by atoms with van der Waals surface area (Å²) in [6.45, 7) is 13.5. The second-order valence-electron chi connectivity index (χ2n) is 10.4. The van der Waals surface area contributed by atoms with Gasteiger partial charge in [-0.3, -0.25) is 0 Å². The van der Waals surface area contributed by atoms with E-state index >= 15 is 0 Å². The average Bonchev–Trinajstić information content (AvgIpc) is 3.19. The van der Waals surface area contributed by atoms with E-state index in [1.165, 1.54) is 16.7 Å². The molecule has 4 rings (SSSR count). The second kappa shape index (κ2) is 8.10. The summed E-state index contributed by atoms with van der Waals surface area (Å²) in [7, 11) is 0. The van der Waals surface area contributed by atoms with Crippen molar-refractivity contribution in [2.24, 2.45) is 11.3 Å². The maximum absolute atomic E-state index is 4.61. The Kier molecular flexibility index (Phi) is 5.63. The number of aromatic nitrogens is 4. The lowest BCUT2D eigenvalue weighted by atomic mass is 9.67. The number of hydrogen-bond donors (Lipinski definition) is 1. The molecule has 1 aliphatic carbocycles. The highest BCUT2D eigenvalue weighted by Gasteiger charge is 2.44. The minimum atomic E-state index is -0.296. The van der Waals surface area contributed by atoms with Gasteiger partial charge in [0.1, 0.15) is 0 Å². The highest BCUT2D eigenvalue weighted by Crippen LogP contribution is 2.47. The predicted octanol–water partition coefficient (Wildman–Crippen LogP) is 6.13. The Morgan fingerprint density at radius 1 is 0.935 bits per heavy atom. The van der Waals surface area contributed by atoms with Crippen molar-refractivity contribution in [3.8, 4) is 5.69 Å². The van der Waals surface area contributed by atoms with Crippen molar-refractivity contribution in [1.82, 2.24) is 20.2 Å². The summed E-state index contributed by atoms with van der Waals surface area (Å²) in [5, 5.41) is 17.1. The van der Waals surface area contributed by atoms with E-state index in [2.05, 4.69) is 105 Å². The third kappa shape index (κ3) is 4.23. The Hall–Kier alpha value is -2.69. The van der Waals surface area contributed by atoms with E-state index in [0.29, 0.717) is 11.3 Å². The predicted molar refractivity (Wildman–Crippen MR) is 127 cm³/mol. The Labute approximate surface area is 186 Å². The van der Waals surface area contributed by atoms with Gasteiger partial charge in [-0.15, -0.1) is 5.10 Å². The number of rotatable bonds is 4. The Morgan fingerprint density at radius 3 is 2.13 bits per heavy atom. The van der Waals surface area contributed by atoms with Gasteiger partial charge in [-0.25, -0.2) is 0 Å². The molecule has 1 heterocycles. The fraction of sp³-hybridized carbons (Fsp3) is 0.500. The summed E-state index contributed by atoms with van der Waals surface area (Å²) in [6.07, 6.45) is 4.33. The lowest BCUT2D eigenvalue weighted by molar-refractivity contribution is 0.137. The van der Waals surface area contributed by atoms with Crippen LogP contribution in [-0.2, 0) is 5.54 Å². The maximum Gasteiger partial charge on any atom is 0.181 e. The molecule has 1 saturated carbocycles. The first-order chi connectivity index (χ1) is 14.7. The second-order valence-corrected chi connectivity index (χ2v) is 10.4. The number of tetrazole rings is 1. The molecule has 3 aromatic rings. The van der Waals surface area contributed by atoms with Crippen LogP contribution in [0.1, 0.15) is 69.0 Å². The van der Waals surface area contributed by atoms with Crippen LogP contribution in [0.25, 0.3) is 5.69 Å². The van der Waals surface area contributed by atoms with E-state index in [4.69, 9.17) is 0 Å². The molecule has 2 aromatic carbocycles. The van der Waals surface area contributed by atoms with Gasteiger partial charge < -0.3 is 5.32 Å². The summed E-state index contributed by atoms with van der Waals surface area (Å²) in [6, 6.07) is 15.0. The van der Waals surface area contributed by atoms with Crippen molar-refractivity contribution < 1.29 is 0 Å². The van der Waals surface area contributed by atoms with E-state index in [1.807, 2.05) is 4.68 Å². The molecule has 31 heavy (non-hydrogen) atoms. The van der Waals surface area contributed by atoms with Gasteiger partial charge in [0.05, 0.1) is 11.2 Å². The van der Waals surface area contributed by atoms with Crippen LogP contribution in [0.3, 0.4) is 0 Å². The fourth-order valence-corrected chi connectivity index (χ4v) is 5.07. The number of benzene rings is 2. The number of anilines is 1. The van der Waals surface area contributed by atoms with Crippen LogP contribution in [0, 0.1) is 32.1 Å². The SMILES string of the molecule is Cc1ccc(NC2(c3nnnn3-c3c(C)cccc3C)CCC(C(C)(C)C)CC2)cc1. The number of nitrogens with one attached hydrogen (secondary N) is 1. The van der Waals surface area contributed by atoms with Crippen LogP contribution in [-0.4, -0.2) is 20.2 Å². The van der Waals surface area contributed by atoms with Gasteiger partial charge >= 0.3 is 0 Å².